The van der Waals surface area contributed by atoms with Crippen molar-refractivity contribution >= 4 is 31.5 Å². The van der Waals surface area contributed by atoms with Crippen LogP contribution in [0.2, 0.25) is 0 Å². The molecule has 0 fully saturated rings. The Morgan fingerprint density at radius 3 is 1.68 bits per heavy atom. The second kappa shape index (κ2) is 12.2. The second-order valence-electron chi connectivity index (χ2n) is 16.8. The van der Waals surface area contributed by atoms with Gasteiger partial charge in [0, 0.05) is 53.4 Å². The smallest absolute Gasteiger partial charge is 0.161 e. The largest absolute Gasteiger partial charge is 0.457 e. The van der Waals surface area contributed by atoms with E-state index in [0.29, 0.717) is 5.82 Å². The lowest BCUT2D eigenvalue weighted by molar-refractivity contribution is 0.436. The van der Waals surface area contributed by atoms with Crippen LogP contribution in [0.25, 0.3) is 76.3 Å². The zero-order valence-electron chi connectivity index (χ0n) is 33.0. The molecule has 4 heteroatoms. The SMILES string of the molecule is CC1(C)c2ccccc2-c2c(-c3cc(-c4cccc5c4sc4ccccc45)nc(-c4cccc5c4-c4ccccc4C54c5ccccc5Oc5ccccc54)n3)cccc21. The summed E-state index contributed by atoms with van der Waals surface area (Å²) in [4.78, 5) is 11.3. The van der Waals surface area contributed by atoms with E-state index in [2.05, 4.69) is 196 Å². The zero-order valence-corrected chi connectivity index (χ0v) is 33.8. The Kier molecular flexibility index (Phi) is 6.87. The van der Waals surface area contributed by atoms with Gasteiger partial charge >= 0.3 is 0 Å². The summed E-state index contributed by atoms with van der Waals surface area (Å²) in [6, 6.07) is 65.9. The van der Waals surface area contributed by atoms with Crippen molar-refractivity contribution < 1.29 is 4.74 Å². The molecule has 8 aromatic carbocycles. The third-order valence-electron chi connectivity index (χ3n) is 13.4. The number of nitrogens with zero attached hydrogens (tertiary/aromatic N) is 2. The van der Waals surface area contributed by atoms with E-state index in [1.165, 1.54) is 59.1 Å². The molecule has 0 radical (unpaired) electrons. The molecule has 1 aliphatic heterocycles. The van der Waals surface area contributed by atoms with Crippen molar-refractivity contribution in [1.29, 1.82) is 0 Å². The minimum Gasteiger partial charge on any atom is -0.457 e. The summed E-state index contributed by atoms with van der Waals surface area (Å²) in [6.07, 6.45) is 0. The van der Waals surface area contributed by atoms with E-state index in [-0.39, 0.29) is 5.41 Å². The molecule has 0 saturated heterocycles. The van der Waals surface area contributed by atoms with Crippen LogP contribution in [0.3, 0.4) is 0 Å². The Labute approximate surface area is 352 Å². The molecule has 0 atom stereocenters. The van der Waals surface area contributed by atoms with E-state index in [1.807, 2.05) is 11.3 Å². The molecule has 2 aromatic heterocycles. The van der Waals surface area contributed by atoms with Crippen LogP contribution < -0.4 is 4.74 Å². The molecule has 1 spiro atoms. The number of aromatic nitrogens is 2. The van der Waals surface area contributed by atoms with Gasteiger partial charge < -0.3 is 4.74 Å². The maximum absolute atomic E-state index is 6.65. The second-order valence-corrected chi connectivity index (χ2v) is 17.8. The molecule has 0 bridgehead atoms. The standard InChI is InChI=1S/C56H36N2OS/c1-55(2)40-23-6-3-17-35(40)51-37(20-14-27-44(51)55)46-32-47(38-21-13-19-34-33-16-5-12-31-50(33)60-53(34)38)58-54(57-46)39-22-15-28-45-52(39)36-18-4-7-24-41(36)56(45)42-25-8-10-29-48(42)59-49-30-11-9-26-43(49)56/h3-32H,1-2H3. The summed E-state index contributed by atoms with van der Waals surface area (Å²) in [5.41, 5.74) is 16.6. The van der Waals surface area contributed by atoms with E-state index in [4.69, 9.17) is 14.7 Å². The van der Waals surface area contributed by atoms with Crippen LogP contribution >= 0.6 is 11.3 Å². The Morgan fingerprint density at radius 2 is 0.917 bits per heavy atom. The summed E-state index contributed by atoms with van der Waals surface area (Å²) >= 11 is 1.84. The van der Waals surface area contributed by atoms with Gasteiger partial charge in [-0.15, -0.1) is 11.3 Å². The average molecular weight is 785 g/mol. The molecular formula is C56H36N2OS. The Hall–Kier alpha value is -7.14. The van der Waals surface area contributed by atoms with Crippen LogP contribution in [0.15, 0.2) is 182 Å². The molecule has 0 N–H and O–H groups in total. The van der Waals surface area contributed by atoms with Gasteiger partial charge in [0.05, 0.1) is 16.8 Å². The van der Waals surface area contributed by atoms with Gasteiger partial charge in [-0.3, -0.25) is 0 Å². The summed E-state index contributed by atoms with van der Waals surface area (Å²) in [7, 11) is 0. The highest BCUT2D eigenvalue weighted by Crippen LogP contribution is 2.63. The van der Waals surface area contributed by atoms with Gasteiger partial charge in [-0.1, -0.05) is 172 Å². The van der Waals surface area contributed by atoms with Crippen LogP contribution in [0.5, 0.6) is 11.5 Å². The van der Waals surface area contributed by atoms with Crippen LogP contribution in [-0.4, -0.2) is 9.97 Å². The van der Waals surface area contributed by atoms with Crippen LogP contribution in [0, 0.1) is 0 Å². The minimum absolute atomic E-state index is 0.141. The molecule has 0 unspecified atom stereocenters. The minimum atomic E-state index is -0.591. The summed E-state index contributed by atoms with van der Waals surface area (Å²) in [5, 5.41) is 2.52. The first-order valence-corrected chi connectivity index (χ1v) is 21.5. The monoisotopic (exact) mass is 784 g/mol. The number of thiophene rings is 1. The fraction of sp³-hybridized carbons (Fsp3) is 0.0714. The molecule has 60 heavy (non-hydrogen) atoms. The number of para-hydroxylation sites is 2. The van der Waals surface area contributed by atoms with Gasteiger partial charge in [0.1, 0.15) is 11.5 Å². The quantitative estimate of drug-likeness (QED) is 0.179. The number of hydrogen-bond acceptors (Lipinski definition) is 4. The van der Waals surface area contributed by atoms with Crippen molar-refractivity contribution in [2.45, 2.75) is 24.7 Å². The van der Waals surface area contributed by atoms with Gasteiger partial charge in [-0.2, -0.15) is 0 Å². The Morgan fingerprint density at radius 1 is 0.417 bits per heavy atom. The fourth-order valence-corrected chi connectivity index (χ4v) is 12.1. The third-order valence-corrected chi connectivity index (χ3v) is 14.6. The van der Waals surface area contributed by atoms with Crippen LogP contribution in [0.1, 0.15) is 47.2 Å². The van der Waals surface area contributed by atoms with Crippen molar-refractivity contribution in [1.82, 2.24) is 9.97 Å². The highest BCUT2D eigenvalue weighted by molar-refractivity contribution is 7.26. The highest BCUT2D eigenvalue weighted by atomic mass is 32.1. The predicted molar refractivity (Wildman–Crippen MR) is 246 cm³/mol. The fourth-order valence-electron chi connectivity index (χ4n) is 10.8. The molecule has 10 aromatic rings. The number of benzene rings is 8. The number of hydrogen-bond donors (Lipinski definition) is 0. The maximum atomic E-state index is 6.65. The first-order chi connectivity index (χ1) is 29.5. The van der Waals surface area contributed by atoms with Crippen LogP contribution in [0.4, 0.5) is 0 Å². The molecule has 3 heterocycles. The maximum Gasteiger partial charge on any atom is 0.161 e. The van der Waals surface area contributed by atoms with Gasteiger partial charge in [-0.25, -0.2) is 9.97 Å². The lowest BCUT2D eigenvalue weighted by Gasteiger charge is -2.39. The third kappa shape index (κ3) is 4.38. The van der Waals surface area contributed by atoms with Crippen molar-refractivity contribution in [2.24, 2.45) is 0 Å². The Bertz CT molecular complexity index is 3420. The number of fused-ring (bicyclic) bond motifs is 15. The normalized spacial score (nSPS) is 14.6. The first-order valence-electron chi connectivity index (χ1n) is 20.7. The van der Waals surface area contributed by atoms with E-state index in [0.717, 1.165) is 56.3 Å². The van der Waals surface area contributed by atoms with Crippen molar-refractivity contribution in [3.63, 3.8) is 0 Å². The topological polar surface area (TPSA) is 35.0 Å². The van der Waals surface area contributed by atoms with Gasteiger partial charge in [0.25, 0.3) is 0 Å². The lowest BCUT2D eigenvalue weighted by atomic mass is 9.66. The molecule has 0 amide bonds. The Balaban J connectivity index is 1.13. The van der Waals surface area contributed by atoms with Crippen molar-refractivity contribution in [2.75, 3.05) is 0 Å². The summed E-state index contributed by atoms with van der Waals surface area (Å²) < 4.78 is 9.15. The molecule has 3 aliphatic rings. The van der Waals surface area contributed by atoms with Crippen LogP contribution in [-0.2, 0) is 10.8 Å². The lowest BCUT2D eigenvalue weighted by Crippen LogP contribution is -2.32. The highest BCUT2D eigenvalue weighted by Gasteiger charge is 2.51. The average Bonchev–Trinajstić information content (AvgIpc) is 3.91. The molecule has 3 nitrogen and oxygen atoms in total. The molecule has 2 aliphatic carbocycles. The van der Waals surface area contributed by atoms with Gasteiger partial charge in [0.15, 0.2) is 5.82 Å². The number of rotatable bonds is 3. The first kappa shape index (κ1) is 33.8. The van der Waals surface area contributed by atoms with E-state index in [9.17, 15) is 0 Å². The summed E-state index contributed by atoms with van der Waals surface area (Å²) in [5.74, 6) is 2.46. The molecule has 282 valence electrons. The van der Waals surface area contributed by atoms with Crippen molar-refractivity contribution in [3.05, 3.63) is 215 Å². The molecular weight excluding hydrogens is 749 g/mol. The molecule has 13 rings (SSSR count). The van der Waals surface area contributed by atoms with E-state index in [1.54, 1.807) is 0 Å². The summed E-state index contributed by atoms with van der Waals surface area (Å²) in [6.45, 7) is 4.68. The zero-order chi connectivity index (χ0) is 39.7. The van der Waals surface area contributed by atoms with Gasteiger partial charge in [-0.05, 0) is 68.8 Å². The van der Waals surface area contributed by atoms with E-state index >= 15 is 0 Å². The molecule has 0 saturated carbocycles. The van der Waals surface area contributed by atoms with Crippen molar-refractivity contribution in [3.8, 4) is 67.7 Å². The predicted octanol–water partition coefficient (Wildman–Crippen LogP) is 14.6. The van der Waals surface area contributed by atoms with E-state index < -0.39 is 5.41 Å². The number of ether oxygens (including phenoxy) is 1. The van der Waals surface area contributed by atoms with Gasteiger partial charge in [0.2, 0.25) is 0 Å².